The van der Waals surface area contributed by atoms with Crippen molar-refractivity contribution in [3.05, 3.63) is 23.6 Å². The maximum atomic E-state index is 12.6. The first-order valence-electron chi connectivity index (χ1n) is 5.34. The number of aliphatic hydroxyl groups is 1. The van der Waals surface area contributed by atoms with Crippen molar-refractivity contribution < 1.29 is 18.3 Å². The molecular weight excluding hydrogens is 285 g/mol. The molecule has 2 aromatic heterocycles. The van der Waals surface area contributed by atoms with Gasteiger partial charge in [-0.3, -0.25) is 0 Å². The topological polar surface area (TPSA) is 53.7 Å². The van der Waals surface area contributed by atoms with Crippen LogP contribution in [0.15, 0.2) is 18.5 Å². The second-order valence-electron chi connectivity index (χ2n) is 4.43. The molecule has 1 N–H and O–H groups in total. The third-order valence-corrected chi connectivity index (χ3v) is 3.27. The number of β-amino-alcohol motifs (C(OH)–C–C–N with tert-alkyl or cyclic N) is 1. The molecule has 0 aromatic carbocycles. The Bertz CT molecular complexity index is 635. The summed E-state index contributed by atoms with van der Waals surface area (Å²) in [6.45, 7) is -1.08. The number of hydrogen-bond acceptors (Lipinski definition) is 4. The highest BCUT2D eigenvalue weighted by molar-refractivity contribution is 6.29. The molecule has 0 bridgehead atoms. The third-order valence-electron chi connectivity index (χ3n) is 3.08. The molecule has 0 amide bonds. The van der Waals surface area contributed by atoms with E-state index in [-0.39, 0.29) is 5.15 Å². The minimum atomic E-state index is -4.65. The van der Waals surface area contributed by atoms with Gasteiger partial charge in [-0.1, -0.05) is 11.6 Å². The first-order valence-corrected chi connectivity index (χ1v) is 5.72. The van der Waals surface area contributed by atoms with Crippen LogP contribution in [0.2, 0.25) is 5.15 Å². The van der Waals surface area contributed by atoms with Crippen molar-refractivity contribution in [1.82, 2.24) is 14.6 Å². The van der Waals surface area contributed by atoms with E-state index in [4.69, 9.17) is 11.6 Å². The Morgan fingerprint density at radius 2 is 2.05 bits per heavy atom. The van der Waals surface area contributed by atoms with Gasteiger partial charge in [-0.2, -0.15) is 18.3 Å². The van der Waals surface area contributed by atoms with E-state index in [1.165, 1.54) is 21.7 Å². The summed E-state index contributed by atoms with van der Waals surface area (Å²) in [5, 5.41) is 13.5. The highest BCUT2D eigenvalue weighted by atomic mass is 35.5. The van der Waals surface area contributed by atoms with Gasteiger partial charge in [-0.15, -0.1) is 0 Å². The fourth-order valence-electron chi connectivity index (χ4n) is 2.04. The van der Waals surface area contributed by atoms with Crippen molar-refractivity contribution in [2.45, 2.75) is 11.8 Å². The fourth-order valence-corrected chi connectivity index (χ4v) is 2.22. The molecule has 2 aromatic rings. The lowest BCUT2D eigenvalue weighted by Gasteiger charge is -2.48. The fraction of sp³-hybridized carbons (Fsp3) is 0.400. The second kappa shape index (κ2) is 3.73. The molecule has 1 fully saturated rings. The number of aromatic nitrogens is 3. The van der Waals surface area contributed by atoms with Crippen molar-refractivity contribution in [3.63, 3.8) is 0 Å². The number of halogens is 4. The summed E-state index contributed by atoms with van der Waals surface area (Å²) in [4.78, 5) is 5.37. The number of anilines is 1. The lowest BCUT2D eigenvalue weighted by Crippen LogP contribution is -2.69. The lowest BCUT2D eigenvalue weighted by atomic mass is 9.93. The average molecular weight is 293 g/mol. The van der Waals surface area contributed by atoms with E-state index in [1.54, 1.807) is 6.20 Å². The molecule has 0 atom stereocenters. The first kappa shape index (κ1) is 12.5. The molecule has 102 valence electrons. The van der Waals surface area contributed by atoms with E-state index in [1.807, 2.05) is 0 Å². The molecule has 3 heterocycles. The van der Waals surface area contributed by atoms with Gasteiger partial charge in [0.05, 0.1) is 18.8 Å². The number of rotatable bonds is 1. The Labute approximate surface area is 110 Å². The normalized spacial score (nSPS) is 18.7. The summed E-state index contributed by atoms with van der Waals surface area (Å²) in [6.07, 6.45) is -1.63. The Balaban J connectivity index is 1.94. The van der Waals surface area contributed by atoms with Gasteiger partial charge in [-0.25, -0.2) is 9.50 Å². The van der Waals surface area contributed by atoms with Crippen molar-refractivity contribution >= 4 is 22.9 Å². The molecule has 0 saturated carbocycles. The van der Waals surface area contributed by atoms with Crippen LogP contribution in [0.3, 0.4) is 0 Å². The van der Waals surface area contributed by atoms with E-state index in [2.05, 4.69) is 10.1 Å². The summed E-state index contributed by atoms with van der Waals surface area (Å²) in [5.74, 6) is 0. The molecular formula is C10H8ClF3N4O. The lowest BCUT2D eigenvalue weighted by molar-refractivity contribution is -0.267. The van der Waals surface area contributed by atoms with Gasteiger partial charge in [-0.05, 0) is 0 Å². The minimum absolute atomic E-state index is 0.142. The molecule has 1 aliphatic rings. The highest BCUT2D eigenvalue weighted by Gasteiger charge is 2.61. The van der Waals surface area contributed by atoms with Crippen LogP contribution in [0, 0.1) is 0 Å². The van der Waals surface area contributed by atoms with Gasteiger partial charge in [0, 0.05) is 18.5 Å². The van der Waals surface area contributed by atoms with Crippen LogP contribution in [-0.4, -0.2) is 44.6 Å². The van der Waals surface area contributed by atoms with E-state index < -0.39 is 24.9 Å². The average Bonchev–Trinajstić information content (AvgIpc) is 2.69. The Hall–Kier alpha value is -1.54. The molecule has 5 nitrogen and oxygen atoms in total. The molecule has 0 aliphatic carbocycles. The molecule has 3 rings (SSSR count). The zero-order valence-corrected chi connectivity index (χ0v) is 10.2. The van der Waals surface area contributed by atoms with Crippen molar-refractivity contribution in [2.24, 2.45) is 0 Å². The maximum Gasteiger partial charge on any atom is 0.420 e. The summed E-state index contributed by atoms with van der Waals surface area (Å²) in [7, 11) is 0. The molecule has 1 aliphatic heterocycles. The number of fused-ring (bicyclic) bond motifs is 1. The zero-order valence-electron chi connectivity index (χ0n) is 9.39. The highest BCUT2D eigenvalue weighted by Crippen LogP contribution is 2.40. The molecule has 19 heavy (non-hydrogen) atoms. The molecule has 9 heteroatoms. The van der Waals surface area contributed by atoms with Gasteiger partial charge >= 0.3 is 6.18 Å². The Morgan fingerprint density at radius 1 is 1.37 bits per heavy atom. The SMILES string of the molecule is OC1(C(F)(F)F)CN(c2cc(Cl)nn3ccnc23)C1. The maximum absolute atomic E-state index is 12.6. The van der Waals surface area contributed by atoms with Crippen LogP contribution in [0.5, 0.6) is 0 Å². The second-order valence-corrected chi connectivity index (χ2v) is 4.82. The Morgan fingerprint density at radius 3 is 2.68 bits per heavy atom. The summed E-state index contributed by atoms with van der Waals surface area (Å²) < 4.78 is 39.1. The standard InChI is InChI=1S/C10H8ClF3N4O/c11-7-3-6(8-15-1-2-18(8)16-7)17-4-9(19,5-17)10(12,13)14/h1-3,19H,4-5H2. The first-order chi connectivity index (χ1) is 8.80. The van der Waals surface area contributed by atoms with Gasteiger partial charge < -0.3 is 10.0 Å². The van der Waals surface area contributed by atoms with E-state index in [0.717, 1.165) is 0 Å². The number of hydrogen-bond donors (Lipinski definition) is 1. The smallest absolute Gasteiger partial charge is 0.378 e. The molecule has 0 radical (unpaired) electrons. The largest absolute Gasteiger partial charge is 0.420 e. The number of alkyl halides is 3. The van der Waals surface area contributed by atoms with Crippen LogP contribution in [0.4, 0.5) is 18.9 Å². The van der Waals surface area contributed by atoms with E-state index >= 15 is 0 Å². The van der Waals surface area contributed by atoms with E-state index in [9.17, 15) is 18.3 Å². The van der Waals surface area contributed by atoms with Gasteiger partial charge in [0.25, 0.3) is 0 Å². The van der Waals surface area contributed by atoms with Gasteiger partial charge in [0.2, 0.25) is 0 Å². The van der Waals surface area contributed by atoms with Crippen molar-refractivity contribution in [2.75, 3.05) is 18.0 Å². The predicted octanol–water partition coefficient (Wildman–Crippen LogP) is 1.50. The van der Waals surface area contributed by atoms with Crippen LogP contribution in [0.1, 0.15) is 0 Å². The monoisotopic (exact) mass is 292 g/mol. The van der Waals surface area contributed by atoms with Crippen LogP contribution in [-0.2, 0) is 0 Å². The molecule has 0 spiro atoms. The van der Waals surface area contributed by atoms with Crippen LogP contribution in [0.25, 0.3) is 5.65 Å². The Kier molecular flexibility index (Phi) is 2.45. The van der Waals surface area contributed by atoms with Gasteiger partial charge in [0.15, 0.2) is 16.4 Å². The number of nitrogens with zero attached hydrogens (tertiary/aromatic N) is 4. The minimum Gasteiger partial charge on any atom is -0.378 e. The molecule has 1 saturated heterocycles. The van der Waals surface area contributed by atoms with Crippen LogP contribution >= 0.6 is 11.6 Å². The summed E-state index contributed by atoms with van der Waals surface area (Å²) in [6, 6.07) is 1.43. The summed E-state index contributed by atoms with van der Waals surface area (Å²) in [5.41, 5.74) is -1.86. The van der Waals surface area contributed by atoms with Crippen LogP contribution < -0.4 is 4.90 Å². The number of imidazole rings is 1. The predicted molar refractivity (Wildman–Crippen MR) is 61.2 cm³/mol. The quantitative estimate of drug-likeness (QED) is 0.865. The van der Waals surface area contributed by atoms with Gasteiger partial charge in [0.1, 0.15) is 0 Å². The summed E-state index contributed by atoms with van der Waals surface area (Å²) >= 11 is 5.80. The van der Waals surface area contributed by atoms with E-state index in [0.29, 0.717) is 11.3 Å². The van der Waals surface area contributed by atoms with Crippen molar-refractivity contribution in [1.29, 1.82) is 0 Å². The zero-order chi connectivity index (χ0) is 13.8. The van der Waals surface area contributed by atoms with Crippen molar-refractivity contribution in [3.8, 4) is 0 Å². The molecule has 0 unspecified atom stereocenters. The third kappa shape index (κ3) is 1.82.